The number of nitriles is 1. The number of carbonyl (C=O) groups is 1. The minimum atomic E-state index is -0.610. The number of hydrogen-bond donors (Lipinski definition) is 1. The van der Waals surface area contributed by atoms with Gasteiger partial charge in [0, 0.05) is 6.04 Å². The maximum Gasteiger partial charge on any atom is 0.238 e. The van der Waals surface area contributed by atoms with Crippen LogP contribution in [-0.4, -0.2) is 11.9 Å². The van der Waals surface area contributed by atoms with Gasteiger partial charge in [-0.25, -0.2) is 0 Å². The van der Waals surface area contributed by atoms with Crippen molar-refractivity contribution in [1.82, 2.24) is 5.32 Å². The highest BCUT2D eigenvalue weighted by Crippen LogP contribution is 2.25. The molecule has 108 valence electrons. The highest BCUT2D eigenvalue weighted by atomic mass is 16.1. The minimum absolute atomic E-state index is 0.0703. The molecule has 0 spiro atoms. The molecule has 0 aromatic heterocycles. The van der Waals surface area contributed by atoms with Gasteiger partial charge >= 0.3 is 0 Å². The number of nitrogens with zero attached hydrogens (tertiary/aromatic N) is 1. The Bertz CT molecular complexity index is 468. The van der Waals surface area contributed by atoms with Crippen LogP contribution < -0.4 is 5.32 Å². The molecule has 1 aromatic rings. The quantitative estimate of drug-likeness (QED) is 0.894. The van der Waals surface area contributed by atoms with Crippen LogP contribution in [0.1, 0.15) is 39.7 Å². The zero-order valence-electron chi connectivity index (χ0n) is 12.8. The number of amides is 1. The first-order chi connectivity index (χ1) is 9.34. The zero-order chi connectivity index (χ0) is 15.2. The van der Waals surface area contributed by atoms with E-state index in [0.717, 1.165) is 12.8 Å². The van der Waals surface area contributed by atoms with Gasteiger partial charge in [0.05, 0.1) is 6.07 Å². The van der Waals surface area contributed by atoms with Crippen molar-refractivity contribution in [3.05, 3.63) is 35.9 Å². The molecule has 0 radical (unpaired) electrons. The van der Waals surface area contributed by atoms with Crippen LogP contribution in [0.15, 0.2) is 30.3 Å². The summed E-state index contributed by atoms with van der Waals surface area (Å²) in [7, 11) is 0. The van der Waals surface area contributed by atoms with E-state index in [-0.39, 0.29) is 17.4 Å². The van der Waals surface area contributed by atoms with E-state index in [2.05, 4.69) is 23.5 Å². The van der Waals surface area contributed by atoms with Crippen molar-refractivity contribution in [2.24, 2.45) is 11.3 Å². The Balaban J connectivity index is 2.48. The van der Waals surface area contributed by atoms with E-state index in [1.165, 1.54) is 5.56 Å². The lowest BCUT2D eigenvalue weighted by atomic mass is 9.81. The van der Waals surface area contributed by atoms with Gasteiger partial charge in [0.2, 0.25) is 5.91 Å². The molecule has 0 aliphatic rings. The third kappa shape index (κ3) is 5.05. The van der Waals surface area contributed by atoms with Gasteiger partial charge in [0.25, 0.3) is 0 Å². The van der Waals surface area contributed by atoms with E-state index in [1.807, 2.05) is 45.9 Å². The third-order valence-electron chi connectivity index (χ3n) is 3.35. The molecule has 1 N–H and O–H groups in total. The molecule has 0 saturated carbocycles. The Labute approximate surface area is 122 Å². The van der Waals surface area contributed by atoms with Gasteiger partial charge in [-0.05, 0) is 30.7 Å². The molecule has 0 heterocycles. The molecule has 0 aliphatic heterocycles. The number of aryl methyl sites for hydroxylation is 1. The normalized spacial score (nSPS) is 14.2. The first-order valence-corrected chi connectivity index (χ1v) is 7.08. The van der Waals surface area contributed by atoms with Crippen LogP contribution in [0.5, 0.6) is 0 Å². The van der Waals surface area contributed by atoms with E-state index in [1.54, 1.807) is 0 Å². The lowest BCUT2D eigenvalue weighted by Crippen LogP contribution is -2.41. The molecular weight excluding hydrogens is 248 g/mol. The smallest absolute Gasteiger partial charge is 0.238 e. The van der Waals surface area contributed by atoms with Gasteiger partial charge in [-0.2, -0.15) is 5.26 Å². The Morgan fingerprint density at radius 1 is 1.30 bits per heavy atom. The van der Waals surface area contributed by atoms with Gasteiger partial charge in [0.15, 0.2) is 0 Å². The molecule has 3 nitrogen and oxygen atoms in total. The van der Waals surface area contributed by atoms with E-state index < -0.39 is 5.92 Å². The SMILES string of the molecule is C[C@H](CCc1ccccc1)NC(=O)[C@H](C#N)C(C)(C)C. The molecule has 0 aliphatic carbocycles. The summed E-state index contributed by atoms with van der Waals surface area (Å²) in [5.74, 6) is -0.776. The fourth-order valence-electron chi connectivity index (χ4n) is 2.07. The van der Waals surface area contributed by atoms with Crippen molar-refractivity contribution in [2.45, 2.75) is 46.6 Å². The fraction of sp³-hybridized carbons (Fsp3) is 0.529. The van der Waals surface area contributed by atoms with E-state index in [9.17, 15) is 4.79 Å². The van der Waals surface area contributed by atoms with Crippen LogP contribution in [0, 0.1) is 22.7 Å². The molecule has 0 unspecified atom stereocenters. The summed E-state index contributed by atoms with van der Waals surface area (Å²) in [6.07, 6.45) is 1.80. The highest BCUT2D eigenvalue weighted by Gasteiger charge is 2.31. The Kier molecular flexibility index (Phi) is 5.76. The highest BCUT2D eigenvalue weighted by molar-refractivity contribution is 5.82. The summed E-state index contributed by atoms with van der Waals surface area (Å²) in [5.41, 5.74) is 0.930. The van der Waals surface area contributed by atoms with E-state index in [0.29, 0.717) is 0 Å². The predicted molar refractivity (Wildman–Crippen MR) is 80.9 cm³/mol. The van der Waals surface area contributed by atoms with Gasteiger partial charge in [-0.15, -0.1) is 0 Å². The van der Waals surface area contributed by atoms with E-state index in [4.69, 9.17) is 5.26 Å². The summed E-state index contributed by atoms with van der Waals surface area (Å²) in [6.45, 7) is 7.72. The van der Waals surface area contributed by atoms with Gasteiger partial charge in [-0.1, -0.05) is 51.1 Å². The Hall–Kier alpha value is -1.82. The summed E-state index contributed by atoms with van der Waals surface area (Å²) in [5, 5.41) is 12.1. The number of benzene rings is 1. The van der Waals surface area contributed by atoms with Crippen molar-refractivity contribution in [1.29, 1.82) is 5.26 Å². The van der Waals surface area contributed by atoms with Crippen molar-refractivity contribution < 1.29 is 4.79 Å². The largest absolute Gasteiger partial charge is 0.352 e. The molecule has 2 atom stereocenters. The molecule has 0 saturated heterocycles. The number of hydrogen-bond acceptors (Lipinski definition) is 2. The average molecular weight is 272 g/mol. The van der Waals surface area contributed by atoms with Crippen molar-refractivity contribution in [3.8, 4) is 6.07 Å². The van der Waals surface area contributed by atoms with Crippen molar-refractivity contribution in [3.63, 3.8) is 0 Å². The maximum absolute atomic E-state index is 12.1. The molecule has 1 amide bonds. The van der Waals surface area contributed by atoms with Crippen molar-refractivity contribution in [2.75, 3.05) is 0 Å². The van der Waals surface area contributed by atoms with Crippen molar-refractivity contribution >= 4 is 5.91 Å². The molecule has 0 bridgehead atoms. The second-order valence-corrected chi connectivity index (χ2v) is 6.36. The average Bonchev–Trinajstić information content (AvgIpc) is 2.36. The summed E-state index contributed by atoms with van der Waals surface area (Å²) < 4.78 is 0. The predicted octanol–water partition coefficient (Wildman–Crippen LogP) is 3.31. The lowest BCUT2D eigenvalue weighted by molar-refractivity contribution is -0.126. The Morgan fingerprint density at radius 3 is 2.40 bits per heavy atom. The first kappa shape index (κ1) is 16.2. The maximum atomic E-state index is 12.1. The van der Waals surface area contributed by atoms with Crippen LogP contribution in [0.3, 0.4) is 0 Å². The van der Waals surface area contributed by atoms with Gasteiger partial charge in [-0.3, -0.25) is 4.79 Å². The van der Waals surface area contributed by atoms with Crippen LogP contribution in [0.25, 0.3) is 0 Å². The monoisotopic (exact) mass is 272 g/mol. The molecule has 20 heavy (non-hydrogen) atoms. The molecule has 3 heteroatoms. The fourth-order valence-corrected chi connectivity index (χ4v) is 2.07. The molecule has 0 fully saturated rings. The molecule has 1 rings (SSSR count). The molecular formula is C17H24N2O. The zero-order valence-corrected chi connectivity index (χ0v) is 12.8. The number of carbonyl (C=O) groups excluding carboxylic acids is 1. The molecule has 1 aromatic carbocycles. The van der Waals surface area contributed by atoms with Crippen LogP contribution >= 0.6 is 0 Å². The van der Waals surface area contributed by atoms with Crippen LogP contribution in [0.2, 0.25) is 0 Å². The minimum Gasteiger partial charge on any atom is -0.352 e. The van der Waals surface area contributed by atoms with Gasteiger partial charge in [0.1, 0.15) is 5.92 Å². The summed E-state index contributed by atoms with van der Waals surface area (Å²) >= 11 is 0. The second kappa shape index (κ2) is 7.09. The van der Waals surface area contributed by atoms with Crippen LogP contribution in [-0.2, 0) is 11.2 Å². The topological polar surface area (TPSA) is 52.9 Å². The lowest BCUT2D eigenvalue weighted by Gasteiger charge is -2.25. The summed E-state index contributed by atoms with van der Waals surface area (Å²) in [6, 6.07) is 12.4. The van der Waals surface area contributed by atoms with Crippen LogP contribution in [0.4, 0.5) is 0 Å². The third-order valence-corrected chi connectivity index (χ3v) is 3.35. The standard InChI is InChI=1S/C17H24N2O/c1-13(10-11-14-8-6-5-7-9-14)19-16(20)15(12-18)17(2,3)4/h5-9,13,15H,10-11H2,1-4H3,(H,19,20)/t13-,15+/m1/s1. The second-order valence-electron chi connectivity index (χ2n) is 6.36. The van der Waals surface area contributed by atoms with E-state index >= 15 is 0 Å². The number of nitrogens with one attached hydrogen (secondary N) is 1. The van der Waals surface area contributed by atoms with Gasteiger partial charge < -0.3 is 5.32 Å². The Morgan fingerprint density at radius 2 is 1.90 bits per heavy atom. The number of rotatable bonds is 5. The summed E-state index contributed by atoms with van der Waals surface area (Å²) in [4.78, 5) is 12.1. The first-order valence-electron chi connectivity index (χ1n) is 7.08.